The first-order chi connectivity index (χ1) is 14.2. The molecule has 1 aliphatic rings. The van der Waals surface area contributed by atoms with Crippen molar-refractivity contribution in [1.29, 1.82) is 0 Å². The Bertz CT molecular complexity index is 867. The molecule has 1 saturated heterocycles. The first kappa shape index (κ1) is 23.9. The van der Waals surface area contributed by atoms with E-state index in [1.54, 1.807) is 12.1 Å². The zero-order valence-electron chi connectivity index (χ0n) is 18.2. The number of amides is 1. The quantitative estimate of drug-likeness (QED) is 0.521. The maximum absolute atomic E-state index is 11.8. The number of furan rings is 1. The lowest BCUT2D eigenvalue weighted by Crippen LogP contribution is -2.37. The Labute approximate surface area is 187 Å². The number of hydrogen-bond donors (Lipinski definition) is 1. The summed E-state index contributed by atoms with van der Waals surface area (Å²) in [5.74, 6) is 1.75. The van der Waals surface area contributed by atoms with Crippen LogP contribution in [0.2, 0.25) is 0 Å². The zero-order valence-corrected chi connectivity index (χ0v) is 19.8. The predicted octanol–water partition coefficient (Wildman–Crippen LogP) is 6.23. The molecule has 1 N–H and O–H groups in total. The van der Waals surface area contributed by atoms with Gasteiger partial charge in [0, 0.05) is 42.2 Å². The summed E-state index contributed by atoms with van der Waals surface area (Å²) in [6.45, 7) is 14.3. The van der Waals surface area contributed by atoms with Gasteiger partial charge < -0.3 is 14.6 Å². The van der Waals surface area contributed by atoms with Crippen molar-refractivity contribution in [3.63, 3.8) is 0 Å². The zero-order chi connectivity index (χ0) is 22.3. The summed E-state index contributed by atoms with van der Waals surface area (Å²) in [5, 5.41) is 2.98. The van der Waals surface area contributed by atoms with Gasteiger partial charge in [-0.05, 0) is 48.6 Å². The minimum absolute atomic E-state index is 0.0248. The highest BCUT2D eigenvalue weighted by molar-refractivity contribution is 9.10. The number of likely N-dealkylation sites (tertiary alicyclic amines) is 1. The van der Waals surface area contributed by atoms with Gasteiger partial charge in [0.05, 0.1) is 12.0 Å². The molecule has 0 aliphatic carbocycles. The van der Waals surface area contributed by atoms with Crippen LogP contribution >= 0.6 is 15.9 Å². The largest absolute Gasteiger partial charge is 0.461 e. The molecule has 6 heteroatoms. The molecule has 1 aromatic heterocycles. The molecule has 1 aromatic carbocycles. The van der Waals surface area contributed by atoms with Crippen LogP contribution in [-0.4, -0.2) is 29.7 Å². The second-order valence-electron chi connectivity index (χ2n) is 7.92. The lowest BCUT2D eigenvalue weighted by Gasteiger charge is -2.38. The Balaban J connectivity index is 0.000000335. The van der Waals surface area contributed by atoms with Gasteiger partial charge in [-0.1, -0.05) is 43.3 Å². The van der Waals surface area contributed by atoms with Crippen LogP contribution in [0.15, 0.2) is 52.1 Å². The average Bonchev–Trinajstić information content (AvgIpc) is 3.23. The third-order valence-corrected chi connectivity index (χ3v) is 5.50. The molecule has 2 atom stereocenters. The summed E-state index contributed by atoms with van der Waals surface area (Å²) in [7, 11) is 0. The molecule has 0 bridgehead atoms. The highest BCUT2D eigenvalue weighted by Crippen LogP contribution is 2.32. The number of halogens is 1. The van der Waals surface area contributed by atoms with Gasteiger partial charge in [-0.2, -0.15) is 0 Å². The first-order valence-corrected chi connectivity index (χ1v) is 11.1. The molecule has 1 aliphatic heterocycles. The number of carbonyl (C=O) groups excluding carboxylic acids is 2. The maximum atomic E-state index is 11.8. The molecule has 1 fully saturated rings. The molecule has 2 heterocycles. The topological polar surface area (TPSA) is 62.6 Å². The molecule has 1 amide bonds. The van der Waals surface area contributed by atoms with Crippen molar-refractivity contribution in [2.45, 2.75) is 40.5 Å². The minimum Gasteiger partial charge on any atom is -0.461 e. The average molecular weight is 475 g/mol. The van der Waals surface area contributed by atoms with Gasteiger partial charge in [0.1, 0.15) is 0 Å². The molecule has 3 rings (SSSR count). The molecule has 162 valence electrons. The number of piperidine rings is 1. The van der Waals surface area contributed by atoms with E-state index in [0.29, 0.717) is 24.0 Å². The molecule has 0 saturated carbocycles. The van der Waals surface area contributed by atoms with E-state index >= 15 is 0 Å². The van der Waals surface area contributed by atoms with Crippen LogP contribution in [0.1, 0.15) is 56.7 Å². The SMILES string of the molecule is C=C(c1cc(Br)ccc1NC(=O)CC)N1C[C@H](C)C[C@H](C)C1.CC(=O)c1ccco1. The second-order valence-corrected chi connectivity index (χ2v) is 8.84. The van der Waals surface area contributed by atoms with Gasteiger partial charge in [0.15, 0.2) is 11.5 Å². The number of nitrogens with one attached hydrogen (secondary N) is 1. The Morgan fingerprint density at radius 3 is 2.40 bits per heavy atom. The van der Waals surface area contributed by atoms with Crippen LogP contribution in [0.4, 0.5) is 5.69 Å². The fourth-order valence-electron chi connectivity index (χ4n) is 3.64. The van der Waals surface area contributed by atoms with Crippen molar-refractivity contribution < 1.29 is 14.0 Å². The van der Waals surface area contributed by atoms with E-state index in [-0.39, 0.29) is 11.7 Å². The van der Waals surface area contributed by atoms with E-state index in [9.17, 15) is 9.59 Å². The van der Waals surface area contributed by atoms with Crippen molar-refractivity contribution in [3.05, 3.63) is 59.0 Å². The molecule has 0 radical (unpaired) electrons. The van der Waals surface area contributed by atoms with Crippen LogP contribution in [0.3, 0.4) is 0 Å². The summed E-state index contributed by atoms with van der Waals surface area (Å²) < 4.78 is 5.74. The van der Waals surface area contributed by atoms with Gasteiger partial charge in [-0.15, -0.1) is 0 Å². The van der Waals surface area contributed by atoms with Crippen molar-refractivity contribution in [2.24, 2.45) is 11.8 Å². The standard InChI is InChI=1S/C18H25BrN2O.C6H6O2/c1-5-18(22)20-17-7-6-15(19)9-16(17)14(4)21-10-12(2)8-13(3)11-21;1-5(7)6-3-2-4-8-6/h6-7,9,12-13H,4-5,8,10-11H2,1-3H3,(H,20,22);2-4H,1H3/t12-,13+;. The number of carbonyl (C=O) groups is 2. The van der Waals surface area contributed by atoms with E-state index in [0.717, 1.165) is 34.5 Å². The highest BCUT2D eigenvalue weighted by atomic mass is 79.9. The Morgan fingerprint density at radius 1 is 1.23 bits per heavy atom. The molecular formula is C24H31BrN2O3. The number of nitrogens with zero attached hydrogens (tertiary/aromatic N) is 1. The van der Waals surface area contributed by atoms with E-state index in [2.05, 4.69) is 46.6 Å². The Hall–Kier alpha value is -2.34. The smallest absolute Gasteiger partial charge is 0.224 e. The number of Topliss-reactive ketones (excluding diaryl/α,β-unsaturated/α-hetero) is 1. The monoisotopic (exact) mass is 474 g/mol. The fraction of sp³-hybridized carbons (Fsp3) is 0.417. The number of hydrogen-bond acceptors (Lipinski definition) is 4. The predicted molar refractivity (Wildman–Crippen MR) is 125 cm³/mol. The first-order valence-electron chi connectivity index (χ1n) is 10.3. The summed E-state index contributed by atoms with van der Waals surface area (Å²) in [5.41, 5.74) is 2.83. The van der Waals surface area contributed by atoms with Crippen LogP contribution in [0.5, 0.6) is 0 Å². The third kappa shape index (κ3) is 6.87. The molecular weight excluding hydrogens is 444 g/mol. The lowest BCUT2D eigenvalue weighted by atomic mass is 9.91. The van der Waals surface area contributed by atoms with Crippen molar-refractivity contribution >= 4 is 39.0 Å². The number of anilines is 1. The van der Waals surface area contributed by atoms with Gasteiger partial charge in [-0.3, -0.25) is 9.59 Å². The normalized spacial score (nSPS) is 18.2. The number of benzene rings is 1. The van der Waals surface area contributed by atoms with E-state index < -0.39 is 0 Å². The third-order valence-electron chi connectivity index (χ3n) is 5.01. The molecule has 5 nitrogen and oxygen atoms in total. The minimum atomic E-state index is -0.0324. The van der Waals surface area contributed by atoms with E-state index in [4.69, 9.17) is 4.42 Å². The van der Waals surface area contributed by atoms with Crippen LogP contribution in [-0.2, 0) is 4.79 Å². The van der Waals surface area contributed by atoms with Crippen LogP contribution in [0, 0.1) is 11.8 Å². The van der Waals surface area contributed by atoms with Gasteiger partial charge in [0.25, 0.3) is 0 Å². The van der Waals surface area contributed by atoms with Gasteiger partial charge in [0.2, 0.25) is 5.91 Å². The van der Waals surface area contributed by atoms with Crippen LogP contribution < -0.4 is 5.32 Å². The summed E-state index contributed by atoms with van der Waals surface area (Å²) in [6, 6.07) is 9.26. The Morgan fingerprint density at radius 2 is 1.90 bits per heavy atom. The fourth-order valence-corrected chi connectivity index (χ4v) is 4.00. The van der Waals surface area contributed by atoms with Gasteiger partial charge >= 0.3 is 0 Å². The van der Waals surface area contributed by atoms with Crippen molar-refractivity contribution in [1.82, 2.24) is 4.90 Å². The van der Waals surface area contributed by atoms with Gasteiger partial charge in [-0.25, -0.2) is 0 Å². The summed E-state index contributed by atoms with van der Waals surface area (Å²) >= 11 is 3.52. The lowest BCUT2D eigenvalue weighted by molar-refractivity contribution is -0.115. The van der Waals surface area contributed by atoms with Crippen molar-refractivity contribution in [2.75, 3.05) is 18.4 Å². The summed E-state index contributed by atoms with van der Waals surface area (Å²) in [4.78, 5) is 24.5. The summed E-state index contributed by atoms with van der Waals surface area (Å²) in [6.07, 6.45) is 3.22. The highest BCUT2D eigenvalue weighted by Gasteiger charge is 2.24. The number of ketones is 1. The molecule has 0 spiro atoms. The Kier molecular flexibility index (Phi) is 8.90. The molecule has 30 heavy (non-hydrogen) atoms. The van der Waals surface area contributed by atoms with Crippen molar-refractivity contribution in [3.8, 4) is 0 Å². The molecule has 0 unspecified atom stereocenters. The number of rotatable bonds is 5. The van der Waals surface area contributed by atoms with E-state index in [1.165, 1.54) is 19.6 Å². The van der Waals surface area contributed by atoms with E-state index in [1.807, 2.05) is 25.1 Å². The maximum Gasteiger partial charge on any atom is 0.224 e. The van der Waals surface area contributed by atoms with Crippen LogP contribution in [0.25, 0.3) is 5.70 Å². The molecule has 2 aromatic rings. The second kappa shape index (κ2) is 11.2.